The van der Waals surface area contributed by atoms with Crippen molar-refractivity contribution in [2.75, 3.05) is 7.05 Å². The molecule has 0 spiro atoms. The van der Waals surface area contributed by atoms with Crippen LogP contribution in [0.4, 0.5) is 0 Å². The highest BCUT2D eigenvalue weighted by molar-refractivity contribution is 8.24. The SMILES string of the molecule is CC.CCC(NC(=O)c1ccc(COCc2cc(C)nc3ccccc23)s1)C(CC)/C(=N/NC)SC=O. The van der Waals surface area contributed by atoms with E-state index in [0.29, 0.717) is 23.1 Å². The van der Waals surface area contributed by atoms with Crippen molar-refractivity contribution in [2.24, 2.45) is 11.0 Å². The number of hydrogen-bond acceptors (Lipinski definition) is 8. The fourth-order valence-electron chi connectivity index (χ4n) is 4.07. The third-order valence-corrected chi connectivity index (χ3v) is 7.50. The molecule has 200 valence electrons. The highest BCUT2D eigenvalue weighted by Gasteiger charge is 2.26. The molecule has 2 heterocycles. The van der Waals surface area contributed by atoms with Gasteiger partial charge in [-0.15, -0.1) is 11.3 Å². The Balaban J connectivity index is 0.00000235. The number of nitrogens with zero attached hydrogens (tertiary/aromatic N) is 2. The topological polar surface area (TPSA) is 92.7 Å². The predicted molar refractivity (Wildman–Crippen MR) is 157 cm³/mol. The Morgan fingerprint density at radius 3 is 2.59 bits per heavy atom. The third-order valence-electron chi connectivity index (χ3n) is 5.71. The molecule has 0 fully saturated rings. The Labute approximate surface area is 228 Å². The molecule has 0 radical (unpaired) electrons. The molecule has 37 heavy (non-hydrogen) atoms. The minimum atomic E-state index is -0.128. The van der Waals surface area contributed by atoms with E-state index < -0.39 is 0 Å². The predicted octanol–water partition coefficient (Wildman–Crippen LogP) is 6.34. The monoisotopic (exact) mass is 542 g/mol. The molecular weight excluding hydrogens is 504 g/mol. The Hall–Kier alpha value is -2.75. The standard InChI is InChI=1S/C26H32N4O3S2.C2H6/c1-5-20(26(30-27-4)34-16-31)22(6-2)29-25(32)24-12-11-19(35-24)15-33-14-18-13-17(3)28-23-10-8-7-9-21(18)23;1-2/h7-13,16,20,22,27H,5-6,14-15H2,1-4H3,(H,29,32);1-2H3/b30-26-;. The van der Waals surface area contributed by atoms with Gasteiger partial charge in [-0.05, 0) is 61.4 Å². The summed E-state index contributed by atoms with van der Waals surface area (Å²) in [5, 5.41) is 9.16. The van der Waals surface area contributed by atoms with Gasteiger partial charge in [-0.3, -0.25) is 14.6 Å². The number of hydrazone groups is 1. The molecule has 2 aromatic heterocycles. The number of thiophene rings is 1. The molecule has 2 atom stereocenters. The van der Waals surface area contributed by atoms with Crippen LogP contribution in [0.25, 0.3) is 10.9 Å². The zero-order valence-electron chi connectivity index (χ0n) is 22.5. The molecule has 0 aliphatic heterocycles. The van der Waals surface area contributed by atoms with Crippen LogP contribution in [0, 0.1) is 12.8 Å². The first kappa shape index (κ1) is 30.5. The fraction of sp³-hybridized carbons (Fsp3) is 0.429. The lowest BCUT2D eigenvalue weighted by Gasteiger charge is -2.26. The number of para-hydroxylation sites is 1. The summed E-state index contributed by atoms with van der Waals surface area (Å²) in [6, 6.07) is 13.8. The van der Waals surface area contributed by atoms with Crippen molar-refractivity contribution in [3.05, 3.63) is 63.5 Å². The summed E-state index contributed by atoms with van der Waals surface area (Å²) >= 11 is 2.48. The lowest BCUT2D eigenvalue weighted by molar-refractivity contribution is 0.0932. The molecule has 3 aromatic rings. The number of rotatable bonds is 12. The molecule has 3 rings (SSSR count). The average molecular weight is 543 g/mol. The Morgan fingerprint density at radius 1 is 1.16 bits per heavy atom. The molecule has 0 aliphatic rings. The number of fused-ring (bicyclic) bond motifs is 1. The number of pyridine rings is 1. The fourth-order valence-corrected chi connectivity index (χ4v) is 5.66. The second-order valence-electron chi connectivity index (χ2n) is 8.09. The van der Waals surface area contributed by atoms with Gasteiger partial charge in [0.2, 0.25) is 0 Å². The van der Waals surface area contributed by atoms with Crippen molar-refractivity contribution in [1.82, 2.24) is 15.7 Å². The molecule has 1 aromatic carbocycles. The number of amides is 1. The smallest absolute Gasteiger partial charge is 0.261 e. The summed E-state index contributed by atoms with van der Waals surface area (Å²) in [7, 11) is 1.70. The van der Waals surface area contributed by atoms with E-state index in [-0.39, 0.29) is 17.9 Å². The van der Waals surface area contributed by atoms with Crippen molar-refractivity contribution in [3.8, 4) is 0 Å². The summed E-state index contributed by atoms with van der Waals surface area (Å²) in [6.45, 7) is 10.9. The molecule has 2 N–H and O–H groups in total. The van der Waals surface area contributed by atoms with Crippen LogP contribution in [0.2, 0.25) is 0 Å². The molecule has 0 bridgehead atoms. The lowest BCUT2D eigenvalue weighted by Crippen LogP contribution is -2.42. The van der Waals surface area contributed by atoms with Crippen LogP contribution in [0.15, 0.2) is 47.6 Å². The van der Waals surface area contributed by atoms with Crippen molar-refractivity contribution >= 4 is 50.6 Å². The highest BCUT2D eigenvalue weighted by Crippen LogP contribution is 2.24. The van der Waals surface area contributed by atoms with Gasteiger partial charge >= 0.3 is 0 Å². The number of aromatic nitrogens is 1. The second kappa shape index (κ2) is 16.2. The second-order valence-corrected chi connectivity index (χ2v) is 10.1. The number of carbonyl (C=O) groups excluding carboxylic acids is 2. The Bertz CT molecular complexity index is 1180. The number of benzene rings is 1. The maximum absolute atomic E-state index is 13.0. The first-order valence-corrected chi connectivity index (χ1v) is 14.4. The van der Waals surface area contributed by atoms with Gasteiger partial charge in [0, 0.05) is 35.0 Å². The average Bonchev–Trinajstić information content (AvgIpc) is 3.39. The summed E-state index contributed by atoms with van der Waals surface area (Å²) in [6.07, 6.45) is 1.49. The lowest BCUT2D eigenvalue weighted by atomic mass is 9.95. The van der Waals surface area contributed by atoms with Crippen LogP contribution in [-0.2, 0) is 22.7 Å². The number of hydrogen-bond donors (Lipinski definition) is 2. The van der Waals surface area contributed by atoms with Gasteiger partial charge < -0.3 is 15.5 Å². The normalized spacial score (nSPS) is 12.9. The molecule has 0 saturated carbocycles. The number of aryl methyl sites for hydroxylation is 1. The quantitative estimate of drug-likeness (QED) is 0.120. The number of thioether (sulfide) groups is 1. The third kappa shape index (κ3) is 8.66. The maximum Gasteiger partial charge on any atom is 0.261 e. The van der Waals surface area contributed by atoms with Crippen molar-refractivity contribution in [2.45, 2.75) is 66.7 Å². The maximum atomic E-state index is 13.0. The van der Waals surface area contributed by atoms with Crippen molar-refractivity contribution in [1.29, 1.82) is 0 Å². The first-order chi connectivity index (χ1) is 18.0. The zero-order valence-corrected chi connectivity index (χ0v) is 24.2. The van der Waals surface area contributed by atoms with E-state index in [1.165, 1.54) is 11.3 Å². The highest BCUT2D eigenvalue weighted by atomic mass is 32.2. The summed E-state index contributed by atoms with van der Waals surface area (Å²) < 4.78 is 6.00. The first-order valence-electron chi connectivity index (χ1n) is 12.7. The van der Waals surface area contributed by atoms with E-state index in [1.54, 1.807) is 7.05 Å². The molecule has 0 aliphatic carbocycles. The van der Waals surface area contributed by atoms with Gasteiger partial charge in [-0.2, -0.15) is 5.10 Å². The van der Waals surface area contributed by atoms with E-state index in [9.17, 15) is 9.59 Å². The van der Waals surface area contributed by atoms with Gasteiger partial charge in [0.25, 0.3) is 5.91 Å². The zero-order chi connectivity index (χ0) is 27.2. The summed E-state index contributed by atoms with van der Waals surface area (Å²) in [5.41, 5.74) is 6.56. The minimum absolute atomic E-state index is 0.0481. The molecule has 7 nitrogen and oxygen atoms in total. The Kier molecular flexibility index (Phi) is 13.3. The number of carbonyl (C=O) groups is 2. The van der Waals surface area contributed by atoms with Gasteiger partial charge in [0.1, 0.15) is 5.04 Å². The number of nitrogens with one attached hydrogen (secondary N) is 2. The van der Waals surface area contributed by atoms with Crippen molar-refractivity contribution < 1.29 is 14.3 Å². The molecule has 2 unspecified atom stereocenters. The van der Waals surface area contributed by atoms with Gasteiger partial charge in [-0.1, -0.05) is 45.9 Å². The summed E-state index contributed by atoms with van der Waals surface area (Å²) in [4.78, 5) is 30.3. The molecular formula is C28H38N4O3S2. The van der Waals surface area contributed by atoms with E-state index in [1.807, 2.05) is 65.0 Å². The van der Waals surface area contributed by atoms with E-state index in [2.05, 4.69) is 33.0 Å². The van der Waals surface area contributed by atoms with Crippen LogP contribution < -0.4 is 10.7 Å². The van der Waals surface area contributed by atoms with Gasteiger partial charge in [0.05, 0.1) is 23.6 Å². The largest absolute Gasteiger partial charge is 0.371 e. The van der Waals surface area contributed by atoms with E-state index in [0.717, 1.165) is 57.3 Å². The molecule has 1 amide bonds. The number of ether oxygens (including phenoxy) is 1. The van der Waals surface area contributed by atoms with Crippen molar-refractivity contribution in [3.63, 3.8) is 0 Å². The van der Waals surface area contributed by atoms with Gasteiger partial charge in [-0.25, -0.2) is 0 Å². The van der Waals surface area contributed by atoms with E-state index in [4.69, 9.17) is 4.74 Å². The van der Waals surface area contributed by atoms with Crippen LogP contribution in [0.5, 0.6) is 0 Å². The van der Waals surface area contributed by atoms with Crippen LogP contribution in [0.1, 0.15) is 66.3 Å². The van der Waals surface area contributed by atoms with E-state index >= 15 is 0 Å². The van der Waals surface area contributed by atoms with Crippen LogP contribution in [-0.4, -0.2) is 34.6 Å². The molecule has 9 heteroatoms. The molecule has 0 saturated heterocycles. The summed E-state index contributed by atoms with van der Waals surface area (Å²) in [5.74, 6) is -0.171. The Morgan fingerprint density at radius 2 is 1.92 bits per heavy atom. The minimum Gasteiger partial charge on any atom is -0.371 e. The van der Waals surface area contributed by atoms with Crippen LogP contribution >= 0.6 is 23.1 Å². The van der Waals surface area contributed by atoms with Crippen LogP contribution in [0.3, 0.4) is 0 Å². The van der Waals surface area contributed by atoms with Gasteiger partial charge in [0.15, 0.2) is 5.62 Å².